The van der Waals surface area contributed by atoms with Crippen molar-refractivity contribution in [2.75, 3.05) is 0 Å². The molecular weight excluding hydrogens is 568 g/mol. The van der Waals surface area contributed by atoms with Crippen molar-refractivity contribution >= 4 is 0 Å². The zero-order valence-corrected chi connectivity index (χ0v) is 29.8. The van der Waals surface area contributed by atoms with E-state index in [-0.39, 0.29) is 11.2 Å². The number of rotatable bonds is 8. The van der Waals surface area contributed by atoms with Crippen LogP contribution in [0.25, 0.3) is 0 Å². The summed E-state index contributed by atoms with van der Waals surface area (Å²) in [6.07, 6.45) is 16.9. The van der Waals surface area contributed by atoms with Crippen molar-refractivity contribution in [1.82, 2.24) is 0 Å². The van der Waals surface area contributed by atoms with Crippen molar-refractivity contribution in [2.24, 2.45) is 11.8 Å². The van der Waals surface area contributed by atoms with E-state index >= 15 is 0 Å². The molecule has 0 aromatic heterocycles. The van der Waals surface area contributed by atoms with Gasteiger partial charge in [0.05, 0.1) is 0 Å². The molecule has 2 aliphatic heterocycles. The highest BCUT2D eigenvalue weighted by Crippen LogP contribution is 2.56. The number of ether oxygens (including phenoxy) is 2. The second kappa shape index (κ2) is 14.1. The van der Waals surface area contributed by atoms with Gasteiger partial charge >= 0.3 is 0 Å². The standard InChI is InChI=1S/2C21H30O2/c2*1-5-6-7-8-15-12-18(22)20-16-11-14(2)9-10-17(16)21(3,4)23-19(20)13-15/h9,12-13,16-17,22H,5-8,10-11H2,1-4H3;12-13,16-17,22H,2,5-11H2,1,3-4H3/t2*16-,17-/m11/s1. The van der Waals surface area contributed by atoms with E-state index in [4.69, 9.17) is 9.47 Å². The summed E-state index contributed by atoms with van der Waals surface area (Å²) in [7, 11) is 0. The summed E-state index contributed by atoms with van der Waals surface area (Å²) in [6, 6.07) is 8.28. The lowest BCUT2D eigenvalue weighted by atomic mass is 9.65. The number of phenols is 2. The first-order valence-corrected chi connectivity index (χ1v) is 18.3. The fourth-order valence-electron chi connectivity index (χ4n) is 8.80. The number of aryl methyl sites for hydroxylation is 2. The van der Waals surface area contributed by atoms with E-state index in [1.807, 2.05) is 12.1 Å². The van der Waals surface area contributed by atoms with Crippen molar-refractivity contribution in [2.45, 2.75) is 155 Å². The summed E-state index contributed by atoms with van der Waals surface area (Å²) in [5.41, 5.74) is 6.85. The lowest BCUT2D eigenvalue weighted by molar-refractivity contribution is -0.000867. The van der Waals surface area contributed by atoms with Gasteiger partial charge < -0.3 is 19.7 Å². The predicted molar refractivity (Wildman–Crippen MR) is 191 cm³/mol. The van der Waals surface area contributed by atoms with Gasteiger partial charge in [0, 0.05) is 34.8 Å². The molecule has 4 aliphatic rings. The van der Waals surface area contributed by atoms with E-state index in [9.17, 15) is 10.2 Å². The average molecular weight is 629 g/mol. The number of fused-ring (bicyclic) bond motifs is 6. The molecule has 0 amide bonds. The Bertz CT molecular complexity index is 1370. The van der Waals surface area contributed by atoms with Crippen molar-refractivity contribution in [3.05, 3.63) is 70.3 Å². The molecule has 4 heteroatoms. The van der Waals surface area contributed by atoms with Crippen LogP contribution in [0.1, 0.15) is 153 Å². The Morgan fingerprint density at radius 3 is 1.76 bits per heavy atom. The summed E-state index contributed by atoms with van der Waals surface area (Å²) in [6.45, 7) is 19.6. The van der Waals surface area contributed by atoms with Gasteiger partial charge in [-0.15, -0.1) is 0 Å². The van der Waals surface area contributed by atoms with Crippen molar-refractivity contribution in [3.8, 4) is 23.0 Å². The summed E-state index contributed by atoms with van der Waals surface area (Å²) in [4.78, 5) is 0. The average Bonchev–Trinajstić information content (AvgIpc) is 2.96. The molecule has 2 aromatic rings. The molecule has 4 atom stereocenters. The van der Waals surface area contributed by atoms with Crippen LogP contribution in [-0.4, -0.2) is 21.4 Å². The Balaban J connectivity index is 0.000000181. The molecule has 4 nitrogen and oxygen atoms in total. The minimum atomic E-state index is -0.177. The van der Waals surface area contributed by atoms with E-state index in [0.29, 0.717) is 35.2 Å². The zero-order chi connectivity index (χ0) is 33.2. The third-order valence-corrected chi connectivity index (χ3v) is 11.3. The number of unbranched alkanes of at least 4 members (excludes halogenated alkanes) is 4. The molecule has 0 radical (unpaired) electrons. The highest BCUT2D eigenvalue weighted by Gasteiger charge is 2.47. The van der Waals surface area contributed by atoms with Crippen LogP contribution in [0, 0.1) is 11.8 Å². The lowest BCUT2D eigenvalue weighted by Gasteiger charge is -2.48. The van der Waals surface area contributed by atoms with Crippen LogP contribution in [0.3, 0.4) is 0 Å². The Morgan fingerprint density at radius 2 is 1.24 bits per heavy atom. The van der Waals surface area contributed by atoms with Gasteiger partial charge in [-0.2, -0.15) is 0 Å². The second-order valence-electron chi connectivity index (χ2n) is 15.8. The number of benzene rings is 2. The lowest BCUT2D eigenvalue weighted by Crippen LogP contribution is -2.46. The minimum absolute atomic E-state index is 0.174. The maximum atomic E-state index is 10.7. The minimum Gasteiger partial charge on any atom is -0.508 e. The van der Waals surface area contributed by atoms with Gasteiger partial charge in [0.1, 0.15) is 34.2 Å². The number of hydrogen-bond donors (Lipinski definition) is 2. The van der Waals surface area contributed by atoms with Gasteiger partial charge in [-0.05, 0) is 128 Å². The van der Waals surface area contributed by atoms with Gasteiger partial charge in [-0.25, -0.2) is 0 Å². The molecule has 2 aliphatic carbocycles. The monoisotopic (exact) mass is 628 g/mol. The van der Waals surface area contributed by atoms with Crippen LogP contribution in [0.5, 0.6) is 23.0 Å². The highest BCUT2D eigenvalue weighted by atomic mass is 16.5. The Hall–Kier alpha value is -2.88. The van der Waals surface area contributed by atoms with Crippen LogP contribution in [0.2, 0.25) is 0 Å². The van der Waals surface area contributed by atoms with E-state index in [1.165, 1.54) is 60.8 Å². The third kappa shape index (κ3) is 7.32. The fraction of sp³-hybridized carbons (Fsp3) is 0.619. The van der Waals surface area contributed by atoms with Crippen LogP contribution < -0.4 is 9.47 Å². The SMILES string of the molecule is C=C1CC[C@@H]2[C@@H](C1)c1c(O)cc(CCCCC)cc1OC2(C)C.CCCCCc1cc(O)c2c(c1)OC(C)(C)[C@@H]1CC=C(C)C[C@@H]21. The maximum absolute atomic E-state index is 10.7. The molecule has 2 aromatic carbocycles. The normalized spacial score (nSPS) is 25.3. The number of phenolic OH excluding ortho intramolecular Hbond substituents is 2. The van der Waals surface area contributed by atoms with Gasteiger partial charge in [-0.1, -0.05) is 63.3 Å². The van der Waals surface area contributed by atoms with Crippen LogP contribution in [0.15, 0.2) is 48.1 Å². The first kappa shape index (κ1) is 34.5. The molecule has 2 heterocycles. The first-order valence-electron chi connectivity index (χ1n) is 18.3. The Labute approximate surface area is 279 Å². The van der Waals surface area contributed by atoms with Gasteiger partial charge in [0.25, 0.3) is 0 Å². The number of aromatic hydroxyl groups is 2. The number of hydrogen-bond acceptors (Lipinski definition) is 4. The molecule has 1 fully saturated rings. The molecule has 0 unspecified atom stereocenters. The molecule has 46 heavy (non-hydrogen) atoms. The zero-order valence-electron chi connectivity index (χ0n) is 29.8. The topological polar surface area (TPSA) is 58.9 Å². The van der Waals surface area contributed by atoms with Crippen LogP contribution in [0.4, 0.5) is 0 Å². The summed E-state index contributed by atoms with van der Waals surface area (Å²) in [5, 5.41) is 21.4. The van der Waals surface area contributed by atoms with Crippen LogP contribution in [-0.2, 0) is 12.8 Å². The fourth-order valence-corrected chi connectivity index (χ4v) is 8.80. The Morgan fingerprint density at radius 1 is 0.739 bits per heavy atom. The third-order valence-electron chi connectivity index (χ3n) is 11.3. The summed E-state index contributed by atoms with van der Waals surface area (Å²) >= 11 is 0. The second-order valence-corrected chi connectivity index (χ2v) is 15.8. The van der Waals surface area contributed by atoms with Crippen molar-refractivity contribution < 1.29 is 19.7 Å². The van der Waals surface area contributed by atoms with Crippen molar-refractivity contribution in [1.29, 1.82) is 0 Å². The first-order chi connectivity index (χ1) is 21.8. The quantitative estimate of drug-likeness (QED) is 0.226. The van der Waals surface area contributed by atoms with Crippen molar-refractivity contribution in [3.63, 3.8) is 0 Å². The highest BCUT2D eigenvalue weighted by molar-refractivity contribution is 5.54. The predicted octanol–water partition coefficient (Wildman–Crippen LogP) is 11.5. The van der Waals surface area contributed by atoms with Gasteiger partial charge in [-0.3, -0.25) is 0 Å². The largest absolute Gasteiger partial charge is 0.508 e. The van der Waals surface area contributed by atoms with E-state index in [0.717, 1.165) is 67.6 Å². The van der Waals surface area contributed by atoms with E-state index in [1.54, 1.807) is 0 Å². The molecular formula is C42H60O4. The number of allylic oxidation sites excluding steroid dienone is 3. The molecule has 0 spiro atoms. The molecule has 2 N–H and O–H groups in total. The molecule has 6 rings (SSSR count). The molecule has 252 valence electrons. The van der Waals surface area contributed by atoms with E-state index < -0.39 is 0 Å². The summed E-state index contributed by atoms with van der Waals surface area (Å²) in [5.74, 6) is 4.30. The smallest absolute Gasteiger partial charge is 0.127 e. The molecule has 0 bridgehead atoms. The van der Waals surface area contributed by atoms with E-state index in [2.05, 4.69) is 73.3 Å². The molecule has 0 saturated heterocycles. The Kier molecular flexibility index (Phi) is 10.5. The van der Waals surface area contributed by atoms with Gasteiger partial charge in [0.15, 0.2) is 0 Å². The van der Waals surface area contributed by atoms with Crippen LogP contribution >= 0.6 is 0 Å². The maximum Gasteiger partial charge on any atom is 0.127 e. The van der Waals surface area contributed by atoms with Gasteiger partial charge in [0.2, 0.25) is 0 Å². The molecule has 1 saturated carbocycles. The summed E-state index contributed by atoms with van der Waals surface area (Å²) < 4.78 is 12.7.